The summed E-state index contributed by atoms with van der Waals surface area (Å²) in [6.07, 6.45) is 2.56. The second-order valence-corrected chi connectivity index (χ2v) is 6.42. The Balaban J connectivity index is 2.23. The molecule has 1 saturated heterocycles. The lowest BCUT2D eigenvalue weighted by atomic mass is 10.1. The standard InChI is InChI=1S/C12H19ClN2S/c1-8-4-3-7-15(8)12(9(2)14)10-5-6-11(13)16-10/h5-6,8-9,12H,3-4,7,14H2,1-2H3. The fourth-order valence-electron chi connectivity index (χ4n) is 2.58. The van der Waals surface area contributed by atoms with Crippen molar-refractivity contribution in [3.8, 4) is 0 Å². The van der Waals surface area contributed by atoms with Crippen molar-refractivity contribution in [1.29, 1.82) is 0 Å². The molecule has 0 amide bonds. The minimum absolute atomic E-state index is 0.148. The Hall–Kier alpha value is -0.0900. The smallest absolute Gasteiger partial charge is 0.0931 e. The monoisotopic (exact) mass is 258 g/mol. The van der Waals surface area contributed by atoms with E-state index in [1.165, 1.54) is 17.7 Å². The van der Waals surface area contributed by atoms with Crippen LogP contribution in [0.25, 0.3) is 0 Å². The fraction of sp³-hybridized carbons (Fsp3) is 0.667. The van der Waals surface area contributed by atoms with Gasteiger partial charge in [-0.3, -0.25) is 4.90 Å². The van der Waals surface area contributed by atoms with E-state index in [4.69, 9.17) is 17.3 Å². The first-order valence-corrected chi connectivity index (χ1v) is 7.05. The summed E-state index contributed by atoms with van der Waals surface area (Å²) in [4.78, 5) is 3.82. The third kappa shape index (κ3) is 2.43. The molecule has 2 rings (SSSR count). The van der Waals surface area contributed by atoms with Crippen LogP contribution in [0.3, 0.4) is 0 Å². The van der Waals surface area contributed by atoms with E-state index in [1.54, 1.807) is 11.3 Å². The topological polar surface area (TPSA) is 29.3 Å². The van der Waals surface area contributed by atoms with Crippen LogP contribution >= 0.6 is 22.9 Å². The van der Waals surface area contributed by atoms with E-state index < -0.39 is 0 Å². The third-order valence-electron chi connectivity index (χ3n) is 3.35. The summed E-state index contributed by atoms with van der Waals surface area (Å²) >= 11 is 7.67. The Morgan fingerprint density at radius 1 is 1.56 bits per heavy atom. The molecule has 2 N–H and O–H groups in total. The van der Waals surface area contributed by atoms with Gasteiger partial charge in [0.2, 0.25) is 0 Å². The number of rotatable bonds is 3. The van der Waals surface area contributed by atoms with Gasteiger partial charge in [-0.05, 0) is 45.4 Å². The summed E-state index contributed by atoms with van der Waals surface area (Å²) in [6.45, 7) is 5.53. The highest BCUT2D eigenvalue weighted by molar-refractivity contribution is 7.16. The molecular weight excluding hydrogens is 240 g/mol. The number of likely N-dealkylation sites (tertiary alicyclic amines) is 1. The predicted molar refractivity (Wildman–Crippen MR) is 71.1 cm³/mol. The average Bonchev–Trinajstić information content (AvgIpc) is 2.78. The van der Waals surface area contributed by atoms with Gasteiger partial charge in [0.25, 0.3) is 0 Å². The maximum atomic E-state index is 6.14. The van der Waals surface area contributed by atoms with Crippen LogP contribution in [0.4, 0.5) is 0 Å². The van der Waals surface area contributed by atoms with Crippen LogP contribution in [0.15, 0.2) is 12.1 Å². The first-order valence-electron chi connectivity index (χ1n) is 5.86. The van der Waals surface area contributed by atoms with E-state index in [-0.39, 0.29) is 6.04 Å². The molecule has 1 aromatic heterocycles. The molecule has 16 heavy (non-hydrogen) atoms. The molecule has 2 heterocycles. The minimum Gasteiger partial charge on any atom is -0.326 e. The highest BCUT2D eigenvalue weighted by Crippen LogP contribution is 2.36. The number of thiophene rings is 1. The summed E-state index contributed by atoms with van der Waals surface area (Å²) in [6, 6.07) is 5.20. The maximum absolute atomic E-state index is 6.14. The Labute approximate surface area is 106 Å². The van der Waals surface area contributed by atoms with Gasteiger partial charge in [0.1, 0.15) is 0 Å². The van der Waals surface area contributed by atoms with E-state index in [9.17, 15) is 0 Å². The van der Waals surface area contributed by atoms with E-state index in [0.717, 1.165) is 10.9 Å². The zero-order valence-corrected chi connectivity index (χ0v) is 11.4. The molecule has 0 spiro atoms. The van der Waals surface area contributed by atoms with E-state index in [1.807, 2.05) is 6.07 Å². The lowest BCUT2D eigenvalue weighted by molar-refractivity contribution is 0.173. The first kappa shape index (κ1) is 12.4. The SMILES string of the molecule is CC(N)C(c1ccc(Cl)s1)N1CCCC1C. The van der Waals surface area contributed by atoms with Gasteiger partial charge in [-0.25, -0.2) is 0 Å². The van der Waals surface area contributed by atoms with Crippen molar-refractivity contribution in [2.24, 2.45) is 5.73 Å². The van der Waals surface area contributed by atoms with Crippen LogP contribution in [-0.4, -0.2) is 23.5 Å². The quantitative estimate of drug-likeness (QED) is 0.902. The van der Waals surface area contributed by atoms with Crippen molar-refractivity contribution in [3.63, 3.8) is 0 Å². The molecule has 1 aliphatic heterocycles. The van der Waals surface area contributed by atoms with Gasteiger partial charge in [0, 0.05) is 17.0 Å². The minimum atomic E-state index is 0.148. The highest BCUT2D eigenvalue weighted by Gasteiger charge is 2.31. The van der Waals surface area contributed by atoms with Crippen LogP contribution in [0.1, 0.15) is 37.6 Å². The van der Waals surface area contributed by atoms with Crippen molar-refractivity contribution in [1.82, 2.24) is 4.90 Å². The largest absolute Gasteiger partial charge is 0.326 e. The molecule has 90 valence electrons. The molecule has 0 aliphatic carbocycles. The van der Waals surface area contributed by atoms with Gasteiger partial charge >= 0.3 is 0 Å². The van der Waals surface area contributed by atoms with Gasteiger partial charge < -0.3 is 5.73 Å². The van der Waals surface area contributed by atoms with E-state index in [0.29, 0.717) is 12.1 Å². The molecule has 1 aromatic rings. The van der Waals surface area contributed by atoms with Crippen molar-refractivity contribution in [2.75, 3.05) is 6.54 Å². The maximum Gasteiger partial charge on any atom is 0.0931 e. The highest BCUT2D eigenvalue weighted by atomic mass is 35.5. The predicted octanol–water partition coefficient (Wildman–Crippen LogP) is 3.27. The Bertz CT molecular complexity index is 351. The fourth-order valence-corrected chi connectivity index (χ4v) is 3.88. The van der Waals surface area contributed by atoms with Crippen molar-refractivity contribution in [3.05, 3.63) is 21.3 Å². The number of nitrogens with two attached hydrogens (primary N) is 1. The molecule has 1 fully saturated rings. The van der Waals surface area contributed by atoms with Crippen molar-refractivity contribution < 1.29 is 0 Å². The van der Waals surface area contributed by atoms with E-state index in [2.05, 4.69) is 24.8 Å². The number of hydrogen-bond acceptors (Lipinski definition) is 3. The molecule has 1 aliphatic rings. The van der Waals surface area contributed by atoms with Gasteiger partial charge in [0.15, 0.2) is 0 Å². The number of nitrogens with zero attached hydrogens (tertiary/aromatic N) is 1. The average molecular weight is 259 g/mol. The van der Waals surface area contributed by atoms with Gasteiger partial charge in [-0.1, -0.05) is 11.6 Å². The van der Waals surface area contributed by atoms with Gasteiger partial charge in [0.05, 0.1) is 10.4 Å². The molecule has 3 atom stereocenters. The zero-order chi connectivity index (χ0) is 11.7. The summed E-state index contributed by atoms with van der Waals surface area (Å²) in [7, 11) is 0. The number of hydrogen-bond donors (Lipinski definition) is 1. The number of halogens is 1. The second-order valence-electron chi connectivity index (χ2n) is 4.67. The molecule has 0 aromatic carbocycles. The van der Waals surface area contributed by atoms with Crippen LogP contribution in [-0.2, 0) is 0 Å². The van der Waals surface area contributed by atoms with Crippen LogP contribution in [0.5, 0.6) is 0 Å². The van der Waals surface area contributed by atoms with Gasteiger partial charge in [-0.15, -0.1) is 11.3 Å². The molecular formula is C12H19ClN2S. The zero-order valence-electron chi connectivity index (χ0n) is 9.82. The summed E-state index contributed by atoms with van der Waals surface area (Å²) in [5, 5.41) is 0. The third-order valence-corrected chi connectivity index (χ3v) is 4.65. The summed E-state index contributed by atoms with van der Waals surface area (Å²) in [5.41, 5.74) is 6.14. The Morgan fingerprint density at radius 3 is 2.75 bits per heavy atom. The van der Waals surface area contributed by atoms with Crippen molar-refractivity contribution in [2.45, 2.75) is 44.8 Å². The molecule has 0 bridgehead atoms. The molecule has 4 heteroatoms. The normalized spacial score (nSPS) is 25.9. The van der Waals surface area contributed by atoms with E-state index >= 15 is 0 Å². The lowest BCUT2D eigenvalue weighted by Gasteiger charge is -2.33. The van der Waals surface area contributed by atoms with Crippen LogP contribution < -0.4 is 5.73 Å². The molecule has 2 nitrogen and oxygen atoms in total. The molecule has 3 unspecified atom stereocenters. The lowest BCUT2D eigenvalue weighted by Crippen LogP contribution is -2.40. The van der Waals surface area contributed by atoms with Crippen LogP contribution in [0, 0.1) is 0 Å². The second kappa shape index (κ2) is 5.05. The summed E-state index contributed by atoms with van der Waals surface area (Å²) < 4.78 is 0.854. The first-order chi connectivity index (χ1) is 7.59. The van der Waals surface area contributed by atoms with Crippen molar-refractivity contribution >= 4 is 22.9 Å². The Morgan fingerprint density at radius 2 is 2.31 bits per heavy atom. The Kier molecular flexibility index (Phi) is 3.90. The molecule has 0 radical (unpaired) electrons. The molecule has 0 saturated carbocycles. The summed E-state index contributed by atoms with van der Waals surface area (Å²) in [5.74, 6) is 0. The van der Waals surface area contributed by atoms with Gasteiger partial charge in [-0.2, -0.15) is 0 Å². The van der Waals surface area contributed by atoms with Crippen LogP contribution in [0.2, 0.25) is 4.34 Å².